The number of likely N-dealkylation sites (tertiary alicyclic amines) is 1. The summed E-state index contributed by atoms with van der Waals surface area (Å²) in [7, 11) is 0. The number of amides is 2. The normalized spacial score (nSPS) is 14.3. The molecule has 0 radical (unpaired) electrons. The first-order valence-electron chi connectivity index (χ1n) is 9.31. The number of aromatic nitrogens is 2. The number of carbonyl (C=O) groups excluding carboxylic acids is 2. The van der Waals surface area contributed by atoms with Gasteiger partial charge in [0.15, 0.2) is 11.0 Å². The molecule has 29 heavy (non-hydrogen) atoms. The molecule has 0 atom stereocenters. The van der Waals surface area contributed by atoms with E-state index in [1.165, 1.54) is 12.1 Å². The van der Waals surface area contributed by atoms with Crippen molar-refractivity contribution in [3.63, 3.8) is 0 Å². The SMILES string of the molecule is Nc1nc(SCC(=O)N2CCCCCC2)[nH]c(=O)c1NC(=O)c1ccc(Cl)cc1. The van der Waals surface area contributed by atoms with Crippen LogP contribution in [0.5, 0.6) is 0 Å². The molecule has 1 fully saturated rings. The number of halogens is 1. The van der Waals surface area contributed by atoms with Crippen LogP contribution in [0.15, 0.2) is 34.2 Å². The van der Waals surface area contributed by atoms with Crippen molar-refractivity contribution < 1.29 is 9.59 Å². The maximum absolute atomic E-state index is 12.4. The predicted molar refractivity (Wildman–Crippen MR) is 114 cm³/mol. The van der Waals surface area contributed by atoms with Gasteiger partial charge < -0.3 is 16.0 Å². The molecule has 154 valence electrons. The third-order valence-electron chi connectivity index (χ3n) is 4.56. The van der Waals surface area contributed by atoms with Crippen molar-refractivity contribution in [1.29, 1.82) is 0 Å². The first kappa shape index (κ1) is 21.2. The molecule has 2 aromatic rings. The van der Waals surface area contributed by atoms with Crippen LogP contribution in [0, 0.1) is 0 Å². The zero-order valence-electron chi connectivity index (χ0n) is 15.7. The van der Waals surface area contributed by atoms with Gasteiger partial charge in [0.2, 0.25) is 5.91 Å². The van der Waals surface area contributed by atoms with E-state index in [-0.39, 0.29) is 28.3 Å². The highest BCUT2D eigenvalue weighted by Gasteiger charge is 2.18. The quantitative estimate of drug-likeness (QED) is 0.490. The van der Waals surface area contributed by atoms with Crippen molar-refractivity contribution >= 4 is 46.7 Å². The van der Waals surface area contributed by atoms with Crippen LogP contribution in [-0.4, -0.2) is 45.5 Å². The molecule has 8 nitrogen and oxygen atoms in total. The van der Waals surface area contributed by atoms with Crippen LogP contribution < -0.4 is 16.6 Å². The Morgan fingerprint density at radius 2 is 1.83 bits per heavy atom. The lowest BCUT2D eigenvalue weighted by molar-refractivity contribution is -0.128. The van der Waals surface area contributed by atoms with Crippen LogP contribution in [0.1, 0.15) is 36.0 Å². The molecule has 0 unspecified atom stereocenters. The number of nitrogen functional groups attached to an aromatic ring is 1. The topological polar surface area (TPSA) is 121 Å². The molecule has 0 spiro atoms. The van der Waals surface area contributed by atoms with Gasteiger partial charge in [-0.05, 0) is 37.1 Å². The zero-order valence-corrected chi connectivity index (χ0v) is 17.3. The molecule has 0 bridgehead atoms. The number of anilines is 2. The van der Waals surface area contributed by atoms with E-state index in [0.29, 0.717) is 10.6 Å². The summed E-state index contributed by atoms with van der Waals surface area (Å²) in [5.41, 5.74) is 5.48. The van der Waals surface area contributed by atoms with Crippen molar-refractivity contribution in [3.8, 4) is 0 Å². The summed E-state index contributed by atoms with van der Waals surface area (Å²) in [6, 6.07) is 6.22. The highest BCUT2D eigenvalue weighted by molar-refractivity contribution is 7.99. The van der Waals surface area contributed by atoms with E-state index >= 15 is 0 Å². The van der Waals surface area contributed by atoms with Gasteiger partial charge in [-0.3, -0.25) is 19.4 Å². The predicted octanol–water partition coefficient (Wildman–Crippen LogP) is 2.75. The Kier molecular flexibility index (Phi) is 7.16. The highest BCUT2D eigenvalue weighted by atomic mass is 35.5. The highest BCUT2D eigenvalue weighted by Crippen LogP contribution is 2.19. The van der Waals surface area contributed by atoms with Crippen LogP contribution in [0.25, 0.3) is 0 Å². The second-order valence-electron chi connectivity index (χ2n) is 6.68. The Hall–Kier alpha value is -2.52. The second-order valence-corrected chi connectivity index (χ2v) is 8.08. The summed E-state index contributed by atoms with van der Waals surface area (Å²) in [4.78, 5) is 45.5. The fourth-order valence-corrected chi connectivity index (χ4v) is 3.88. The van der Waals surface area contributed by atoms with Gasteiger partial charge >= 0.3 is 0 Å². The van der Waals surface area contributed by atoms with Crippen LogP contribution in [0.4, 0.5) is 11.5 Å². The molecule has 1 aliphatic heterocycles. The van der Waals surface area contributed by atoms with Crippen molar-refractivity contribution in [2.24, 2.45) is 0 Å². The molecule has 2 amide bonds. The van der Waals surface area contributed by atoms with E-state index in [9.17, 15) is 14.4 Å². The number of nitrogens with zero attached hydrogens (tertiary/aromatic N) is 2. The van der Waals surface area contributed by atoms with E-state index in [2.05, 4.69) is 15.3 Å². The summed E-state index contributed by atoms with van der Waals surface area (Å²) in [6.07, 6.45) is 4.32. The smallest absolute Gasteiger partial charge is 0.277 e. The minimum Gasteiger partial charge on any atom is -0.382 e. The van der Waals surface area contributed by atoms with E-state index in [0.717, 1.165) is 50.5 Å². The number of rotatable bonds is 5. The molecule has 3 rings (SSSR count). The van der Waals surface area contributed by atoms with Gasteiger partial charge in [0, 0.05) is 23.7 Å². The maximum atomic E-state index is 12.4. The van der Waals surface area contributed by atoms with Gasteiger partial charge in [-0.25, -0.2) is 4.98 Å². The fraction of sp³-hybridized carbons (Fsp3) is 0.368. The van der Waals surface area contributed by atoms with E-state index in [1.807, 2.05) is 4.90 Å². The fourth-order valence-electron chi connectivity index (χ4n) is 2.99. The van der Waals surface area contributed by atoms with Crippen LogP contribution in [0.3, 0.4) is 0 Å². The average molecular weight is 436 g/mol. The Balaban J connectivity index is 1.64. The molecular weight excluding hydrogens is 414 g/mol. The Morgan fingerprint density at radius 3 is 2.45 bits per heavy atom. The number of H-pyrrole nitrogens is 1. The summed E-state index contributed by atoms with van der Waals surface area (Å²) in [5, 5.41) is 3.20. The van der Waals surface area contributed by atoms with Crippen molar-refractivity contribution in [2.45, 2.75) is 30.8 Å². The Labute approximate surface area is 177 Å². The van der Waals surface area contributed by atoms with Crippen LogP contribution in [-0.2, 0) is 4.79 Å². The number of aromatic amines is 1. The second kappa shape index (κ2) is 9.80. The molecule has 0 aliphatic carbocycles. The van der Waals surface area contributed by atoms with Crippen LogP contribution >= 0.6 is 23.4 Å². The number of hydrogen-bond donors (Lipinski definition) is 3. The number of nitrogens with two attached hydrogens (primary N) is 1. The van der Waals surface area contributed by atoms with Gasteiger partial charge in [-0.2, -0.15) is 0 Å². The molecule has 1 saturated heterocycles. The molecule has 10 heteroatoms. The monoisotopic (exact) mass is 435 g/mol. The van der Waals surface area contributed by atoms with Gasteiger partial charge in [0.1, 0.15) is 5.69 Å². The van der Waals surface area contributed by atoms with Gasteiger partial charge in [-0.15, -0.1) is 0 Å². The van der Waals surface area contributed by atoms with Gasteiger partial charge in [0.25, 0.3) is 11.5 Å². The van der Waals surface area contributed by atoms with E-state index in [4.69, 9.17) is 17.3 Å². The standard InChI is InChI=1S/C19H22ClN5O3S/c20-13-7-5-12(6-8-13)17(27)22-15-16(21)23-19(24-18(15)28)29-11-14(26)25-9-3-1-2-4-10-25/h5-8H,1-4,9-11H2,(H,22,27)(H3,21,23,24,28). The lowest BCUT2D eigenvalue weighted by Gasteiger charge is -2.19. The number of benzene rings is 1. The molecule has 1 aromatic heterocycles. The van der Waals surface area contributed by atoms with E-state index < -0.39 is 11.5 Å². The Bertz CT molecular complexity index is 940. The van der Waals surface area contributed by atoms with Gasteiger partial charge in [-0.1, -0.05) is 36.2 Å². The van der Waals surface area contributed by atoms with Crippen molar-refractivity contribution in [2.75, 3.05) is 29.9 Å². The maximum Gasteiger partial charge on any atom is 0.277 e. The Morgan fingerprint density at radius 1 is 1.17 bits per heavy atom. The number of carbonyl (C=O) groups is 2. The van der Waals surface area contributed by atoms with Gasteiger partial charge in [0.05, 0.1) is 5.75 Å². The van der Waals surface area contributed by atoms with E-state index in [1.54, 1.807) is 12.1 Å². The number of nitrogens with one attached hydrogen (secondary N) is 2. The summed E-state index contributed by atoms with van der Waals surface area (Å²) >= 11 is 6.93. The average Bonchev–Trinajstić information content (AvgIpc) is 2.99. The lowest BCUT2D eigenvalue weighted by Crippen LogP contribution is -2.33. The molecule has 1 aromatic carbocycles. The first-order chi connectivity index (χ1) is 13.9. The first-order valence-corrected chi connectivity index (χ1v) is 10.7. The minimum atomic E-state index is -0.579. The molecule has 0 saturated carbocycles. The zero-order chi connectivity index (χ0) is 20.8. The molecule has 1 aliphatic rings. The molecular formula is C19H22ClN5O3S. The molecule has 2 heterocycles. The summed E-state index contributed by atoms with van der Waals surface area (Å²) in [5.74, 6) is -0.435. The molecule has 4 N–H and O–H groups in total. The third kappa shape index (κ3) is 5.74. The summed E-state index contributed by atoms with van der Waals surface area (Å²) < 4.78 is 0. The third-order valence-corrected chi connectivity index (χ3v) is 5.67. The largest absolute Gasteiger partial charge is 0.382 e. The summed E-state index contributed by atoms with van der Waals surface area (Å²) in [6.45, 7) is 1.53. The minimum absolute atomic E-state index is 0.0123. The number of thioether (sulfide) groups is 1. The lowest BCUT2D eigenvalue weighted by atomic mass is 10.2. The number of hydrogen-bond acceptors (Lipinski definition) is 6. The van der Waals surface area contributed by atoms with Crippen molar-refractivity contribution in [3.05, 3.63) is 45.2 Å². The van der Waals surface area contributed by atoms with Crippen molar-refractivity contribution in [1.82, 2.24) is 14.9 Å². The van der Waals surface area contributed by atoms with Crippen LogP contribution in [0.2, 0.25) is 5.02 Å².